The Labute approximate surface area is 143 Å². The summed E-state index contributed by atoms with van der Waals surface area (Å²) in [6.45, 7) is 0.631. The van der Waals surface area contributed by atoms with Crippen LogP contribution in [0.15, 0.2) is 61.1 Å². The fourth-order valence-electron chi connectivity index (χ4n) is 2.72. The summed E-state index contributed by atoms with van der Waals surface area (Å²) >= 11 is 6.00. The van der Waals surface area contributed by atoms with Crippen molar-refractivity contribution < 1.29 is 0 Å². The molecule has 4 rings (SSSR count). The summed E-state index contributed by atoms with van der Waals surface area (Å²) in [5, 5.41) is 4.50. The minimum atomic E-state index is 0.217. The molecule has 0 fully saturated rings. The van der Waals surface area contributed by atoms with Crippen LogP contribution in [0, 0.1) is 0 Å². The van der Waals surface area contributed by atoms with Crippen LogP contribution in [0.1, 0.15) is 5.56 Å². The standard InChI is InChI=1S/C18H14ClN5/c19-18-23-16-15(7-10-21-16)17(24-18)22-11-13-3-1-2-4-14(13)12-5-8-20-9-6-12/h1-10H,11H2,(H2,21,22,23,24). The Bertz CT molecular complexity index is 981. The summed E-state index contributed by atoms with van der Waals surface area (Å²) in [7, 11) is 0. The largest absolute Gasteiger partial charge is 0.365 e. The molecule has 0 amide bonds. The van der Waals surface area contributed by atoms with Crippen molar-refractivity contribution in [3.05, 3.63) is 71.9 Å². The van der Waals surface area contributed by atoms with Crippen LogP contribution in [-0.4, -0.2) is 19.9 Å². The first-order valence-corrected chi connectivity index (χ1v) is 7.92. The van der Waals surface area contributed by atoms with Gasteiger partial charge in [0.25, 0.3) is 0 Å². The molecule has 4 aromatic rings. The molecule has 0 radical (unpaired) electrons. The van der Waals surface area contributed by atoms with Gasteiger partial charge in [-0.05, 0) is 46.5 Å². The Balaban J connectivity index is 1.66. The third kappa shape index (κ3) is 2.81. The molecular formula is C18H14ClN5. The van der Waals surface area contributed by atoms with Crippen molar-refractivity contribution in [3.8, 4) is 11.1 Å². The number of anilines is 1. The number of rotatable bonds is 4. The van der Waals surface area contributed by atoms with Gasteiger partial charge < -0.3 is 10.3 Å². The molecule has 0 atom stereocenters. The lowest BCUT2D eigenvalue weighted by Gasteiger charge is -2.12. The molecule has 0 unspecified atom stereocenters. The van der Waals surface area contributed by atoms with Crippen LogP contribution in [0.2, 0.25) is 5.28 Å². The molecule has 6 heteroatoms. The maximum atomic E-state index is 6.00. The van der Waals surface area contributed by atoms with Gasteiger partial charge in [0.05, 0.1) is 5.39 Å². The van der Waals surface area contributed by atoms with Crippen LogP contribution in [0.4, 0.5) is 5.82 Å². The first-order chi connectivity index (χ1) is 11.8. The lowest BCUT2D eigenvalue weighted by Crippen LogP contribution is -2.04. The number of aromatic nitrogens is 4. The lowest BCUT2D eigenvalue weighted by atomic mass is 10.0. The van der Waals surface area contributed by atoms with Gasteiger partial charge in [-0.25, -0.2) is 4.98 Å². The number of hydrogen-bond acceptors (Lipinski definition) is 4. The topological polar surface area (TPSA) is 66.5 Å². The van der Waals surface area contributed by atoms with Crippen LogP contribution >= 0.6 is 11.6 Å². The van der Waals surface area contributed by atoms with Crippen LogP contribution in [0.3, 0.4) is 0 Å². The van der Waals surface area contributed by atoms with Crippen LogP contribution in [0.25, 0.3) is 22.2 Å². The SMILES string of the molecule is Clc1nc(NCc2ccccc2-c2ccncc2)c2cc[nH]c2n1. The van der Waals surface area contributed by atoms with Gasteiger partial charge in [0.15, 0.2) is 0 Å². The maximum absolute atomic E-state index is 6.00. The second kappa shape index (κ2) is 6.29. The highest BCUT2D eigenvalue weighted by Crippen LogP contribution is 2.25. The molecule has 118 valence electrons. The predicted octanol–water partition coefficient (Wildman–Crippen LogP) is 4.29. The van der Waals surface area contributed by atoms with E-state index in [1.165, 1.54) is 5.56 Å². The molecule has 2 N–H and O–H groups in total. The Morgan fingerprint density at radius 2 is 1.83 bits per heavy atom. The molecule has 0 aliphatic rings. The van der Waals surface area contributed by atoms with Gasteiger partial charge in [-0.2, -0.15) is 4.98 Å². The second-order valence-corrected chi connectivity index (χ2v) is 5.67. The van der Waals surface area contributed by atoms with Gasteiger partial charge >= 0.3 is 0 Å². The number of nitrogens with zero attached hydrogens (tertiary/aromatic N) is 3. The van der Waals surface area contributed by atoms with Gasteiger partial charge in [-0.1, -0.05) is 24.3 Å². The van der Waals surface area contributed by atoms with E-state index in [-0.39, 0.29) is 5.28 Å². The van der Waals surface area contributed by atoms with Gasteiger partial charge in [0, 0.05) is 25.1 Å². The van der Waals surface area contributed by atoms with Gasteiger partial charge in [-0.3, -0.25) is 4.98 Å². The minimum Gasteiger partial charge on any atom is -0.365 e. The quantitative estimate of drug-likeness (QED) is 0.546. The molecule has 5 nitrogen and oxygen atoms in total. The first kappa shape index (κ1) is 14.7. The van der Waals surface area contributed by atoms with Crippen LogP contribution in [-0.2, 0) is 6.54 Å². The average Bonchev–Trinajstić information content (AvgIpc) is 3.09. The van der Waals surface area contributed by atoms with Crippen molar-refractivity contribution in [2.75, 3.05) is 5.32 Å². The molecule has 0 bridgehead atoms. The summed E-state index contributed by atoms with van der Waals surface area (Å²) in [5.74, 6) is 0.718. The fraction of sp³-hybridized carbons (Fsp3) is 0.0556. The monoisotopic (exact) mass is 335 g/mol. The Hall–Kier alpha value is -2.92. The Kier molecular flexibility index (Phi) is 3.84. The molecule has 3 aromatic heterocycles. The van der Waals surface area contributed by atoms with E-state index in [0.29, 0.717) is 6.54 Å². The number of aromatic amines is 1. The van der Waals surface area contributed by atoms with Gasteiger partial charge in [0.2, 0.25) is 5.28 Å². The van der Waals surface area contributed by atoms with Crippen LogP contribution in [0.5, 0.6) is 0 Å². The number of fused-ring (bicyclic) bond motifs is 1. The van der Waals surface area contributed by atoms with Gasteiger partial charge in [0.1, 0.15) is 11.5 Å². The summed E-state index contributed by atoms with van der Waals surface area (Å²) in [5.41, 5.74) is 4.19. The normalized spacial score (nSPS) is 10.9. The second-order valence-electron chi connectivity index (χ2n) is 5.33. The van der Waals surface area contributed by atoms with E-state index in [2.05, 4.69) is 37.4 Å². The van der Waals surface area contributed by atoms with Crippen molar-refractivity contribution in [3.63, 3.8) is 0 Å². The van der Waals surface area contributed by atoms with Crippen LogP contribution < -0.4 is 5.32 Å². The van der Waals surface area contributed by atoms with E-state index in [9.17, 15) is 0 Å². The molecule has 1 aromatic carbocycles. The number of hydrogen-bond donors (Lipinski definition) is 2. The molecule has 24 heavy (non-hydrogen) atoms. The number of H-pyrrole nitrogens is 1. The van der Waals surface area contributed by atoms with Gasteiger partial charge in [-0.15, -0.1) is 0 Å². The molecule has 3 heterocycles. The third-order valence-electron chi connectivity index (χ3n) is 3.84. The van der Waals surface area contributed by atoms with Crippen molar-refractivity contribution in [1.29, 1.82) is 0 Å². The van der Waals surface area contributed by atoms with Crippen molar-refractivity contribution in [1.82, 2.24) is 19.9 Å². The van der Waals surface area contributed by atoms with E-state index in [1.807, 2.05) is 36.5 Å². The average molecular weight is 336 g/mol. The summed E-state index contributed by atoms with van der Waals surface area (Å²) in [6.07, 6.45) is 5.42. The highest BCUT2D eigenvalue weighted by molar-refractivity contribution is 6.28. The fourth-order valence-corrected chi connectivity index (χ4v) is 2.88. The molecule has 0 aliphatic carbocycles. The van der Waals surface area contributed by atoms with Crippen molar-refractivity contribution >= 4 is 28.5 Å². The maximum Gasteiger partial charge on any atom is 0.226 e. The number of nitrogens with one attached hydrogen (secondary N) is 2. The highest BCUT2D eigenvalue weighted by Gasteiger charge is 2.09. The van der Waals surface area contributed by atoms with E-state index in [1.54, 1.807) is 12.4 Å². The number of halogens is 1. The summed E-state index contributed by atoms with van der Waals surface area (Å²) < 4.78 is 0. The molecule has 0 saturated carbocycles. The van der Waals surface area contributed by atoms with E-state index < -0.39 is 0 Å². The highest BCUT2D eigenvalue weighted by atomic mass is 35.5. The lowest BCUT2D eigenvalue weighted by molar-refractivity contribution is 1.10. The summed E-state index contributed by atoms with van der Waals surface area (Å²) in [6, 6.07) is 14.2. The zero-order chi connectivity index (χ0) is 16.4. The summed E-state index contributed by atoms with van der Waals surface area (Å²) in [4.78, 5) is 15.6. The molecule has 0 saturated heterocycles. The molecule has 0 aliphatic heterocycles. The number of benzene rings is 1. The zero-order valence-corrected chi connectivity index (χ0v) is 13.5. The third-order valence-corrected chi connectivity index (χ3v) is 4.01. The van der Waals surface area contributed by atoms with E-state index in [4.69, 9.17) is 11.6 Å². The first-order valence-electron chi connectivity index (χ1n) is 7.54. The molecular weight excluding hydrogens is 322 g/mol. The van der Waals surface area contributed by atoms with Crippen molar-refractivity contribution in [2.24, 2.45) is 0 Å². The van der Waals surface area contributed by atoms with Crippen molar-refractivity contribution in [2.45, 2.75) is 6.54 Å². The molecule has 0 spiro atoms. The Morgan fingerprint density at radius 1 is 1.00 bits per heavy atom. The predicted molar refractivity (Wildman–Crippen MR) is 95.9 cm³/mol. The van der Waals surface area contributed by atoms with E-state index in [0.717, 1.165) is 28.0 Å². The smallest absolute Gasteiger partial charge is 0.226 e. The zero-order valence-electron chi connectivity index (χ0n) is 12.7. The Morgan fingerprint density at radius 3 is 2.71 bits per heavy atom. The number of pyridine rings is 1. The minimum absolute atomic E-state index is 0.217. The van der Waals surface area contributed by atoms with E-state index >= 15 is 0 Å².